The molecule has 0 bridgehead atoms. The third-order valence-electron chi connectivity index (χ3n) is 6.19. The molecule has 1 aliphatic rings. The summed E-state index contributed by atoms with van der Waals surface area (Å²) in [6.45, 7) is 7.18. The van der Waals surface area contributed by atoms with E-state index in [4.69, 9.17) is 4.52 Å². The fourth-order valence-corrected chi connectivity index (χ4v) is 4.05. The molecule has 4 rings (SSSR count). The first-order valence-electron chi connectivity index (χ1n) is 11.7. The second-order valence-corrected chi connectivity index (χ2v) is 8.68. The van der Waals surface area contributed by atoms with Crippen LogP contribution in [0.25, 0.3) is 11.4 Å². The summed E-state index contributed by atoms with van der Waals surface area (Å²) in [4.78, 5) is 33.3. The molecule has 0 aliphatic carbocycles. The molecule has 3 aromatic rings. The monoisotopic (exact) mass is 461 g/mol. The number of aromatic nitrogens is 2. The Bertz CT molecular complexity index is 1090. The summed E-state index contributed by atoms with van der Waals surface area (Å²) in [5.74, 6) is 1.16. The average Bonchev–Trinajstić information content (AvgIpc) is 3.35. The number of nitrogens with zero attached hydrogens (tertiary/aromatic N) is 4. The Hall–Kier alpha value is -3.52. The van der Waals surface area contributed by atoms with Gasteiger partial charge in [-0.1, -0.05) is 65.3 Å². The molecule has 2 heterocycles. The molecule has 1 atom stereocenters. The standard InChI is InChI=1S/C26H31N5O3/c1-19-8-10-22(11-9-19)25-28-26(34-29-25)20(2)30-14-16-31(17-15-30)24(33)12-13-27-23(32)18-21-6-4-3-5-7-21/h3-11,20H,12-18H2,1-2H3,(H,27,32). The van der Waals surface area contributed by atoms with Crippen molar-refractivity contribution in [1.29, 1.82) is 0 Å². The quantitative estimate of drug-likeness (QED) is 0.555. The Morgan fingerprint density at radius 3 is 2.44 bits per heavy atom. The van der Waals surface area contributed by atoms with Crippen LogP contribution in [0.15, 0.2) is 59.1 Å². The minimum atomic E-state index is -0.0674. The third-order valence-corrected chi connectivity index (χ3v) is 6.19. The first-order valence-corrected chi connectivity index (χ1v) is 11.7. The summed E-state index contributed by atoms with van der Waals surface area (Å²) in [7, 11) is 0. The lowest BCUT2D eigenvalue weighted by atomic mass is 10.1. The Kier molecular flexibility index (Phi) is 7.69. The van der Waals surface area contributed by atoms with Gasteiger partial charge in [-0.25, -0.2) is 0 Å². The van der Waals surface area contributed by atoms with Crippen LogP contribution < -0.4 is 5.32 Å². The summed E-state index contributed by atoms with van der Waals surface area (Å²) in [6, 6.07) is 17.6. The van der Waals surface area contributed by atoms with Gasteiger partial charge in [-0.2, -0.15) is 4.98 Å². The molecule has 8 nitrogen and oxygen atoms in total. The van der Waals surface area contributed by atoms with Crippen LogP contribution in [0.4, 0.5) is 0 Å². The van der Waals surface area contributed by atoms with Crippen molar-refractivity contribution in [2.75, 3.05) is 32.7 Å². The molecule has 1 saturated heterocycles. The Balaban J connectivity index is 1.20. The number of carbonyl (C=O) groups is 2. The van der Waals surface area contributed by atoms with Crippen LogP contribution in [-0.2, 0) is 16.0 Å². The van der Waals surface area contributed by atoms with E-state index in [-0.39, 0.29) is 17.9 Å². The molecule has 0 radical (unpaired) electrons. The molecule has 178 valence electrons. The van der Waals surface area contributed by atoms with E-state index in [0.717, 1.165) is 24.2 Å². The second kappa shape index (κ2) is 11.1. The number of nitrogens with one attached hydrogen (secondary N) is 1. The van der Waals surface area contributed by atoms with E-state index < -0.39 is 0 Å². The first kappa shape index (κ1) is 23.6. The molecule has 2 amide bonds. The maximum atomic E-state index is 12.6. The molecule has 2 aromatic carbocycles. The van der Waals surface area contributed by atoms with Gasteiger partial charge in [0.25, 0.3) is 0 Å². The van der Waals surface area contributed by atoms with Gasteiger partial charge in [0.1, 0.15) is 0 Å². The van der Waals surface area contributed by atoms with Crippen LogP contribution >= 0.6 is 0 Å². The maximum Gasteiger partial charge on any atom is 0.244 e. The van der Waals surface area contributed by atoms with Gasteiger partial charge in [0.05, 0.1) is 12.5 Å². The van der Waals surface area contributed by atoms with Gasteiger partial charge in [0.15, 0.2) is 0 Å². The van der Waals surface area contributed by atoms with Gasteiger partial charge in [0, 0.05) is 44.7 Å². The molecule has 0 saturated carbocycles. The topological polar surface area (TPSA) is 91.6 Å². The zero-order valence-corrected chi connectivity index (χ0v) is 19.7. The van der Waals surface area contributed by atoms with Gasteiger partial charge in [-0.3, -0.25) is 14.5 Å². The maximum absolute atomic E-state index is 12.6. The SMILES string of the molecule is Cc1ccc(-c2noc(C(C)N3CCN(C(=O)CCNC(=O)Cc4ccccc4)CC3)n2)cc1. The van der Waals surface area contributed by atoms with Crippen molar-refractivity contribution in [2.24, 2.45) is 0 Å². The van der Waals surface area contributed by atoms with E-state index in [0.29, 0.717) is 44.2 Å². The lowest BCUT2D eigenvalue weighted by Gasteiger charge is -2.36. The van der Waals surface area contributed by atoms with Gasteiger partial charge in [-0.15, -0.1) is 0 Å². The van der Waals surface area contributed by atoms with E-state index >= 15 is 0 Å². The molecule has 1 fully saturated rings. The number of benzene rings is 2. The Morgan fingerprint density at radius 2 is 1.74 bits per heavy atom. The highest BCUT2D eigenvalue weighted by atomic mass is 16.5. The summed E-state index contributed by atoms with van der Waals surface area (Å²) < 4.78 is 5.53. The highest BCUT2D eigenvalue weighted by Crippen LogP contribution is 2.23. The number of rotatable bonds is 8. The zero-order valence-electron chi connectivity index (χ0n) is 19.7. The molecule has 0 spiro atoms. The second-order valence-electron chi connectivity index (χ2n) is 8.68. The Morgan fingerprint density at radius 1 is 1.03 bits per heavy atom. The average molecular weight is 462 g/mol. The van der Waals surface area contributed by atoms with Crippen molar-refractivity contribution in [1.82, 2.24) is 25.3 Å². The third kappa shape index (κ3) is 6.08. The minimum absolute atomic E-state index is 0.0266. The van der Waals surface area contributed by atoms with Crippen molar-refractivity contribution in [2.45, 2.75) is 32.7 Å². The van der Waals surface area contributed by atoms with Crippen LogP contribution in [-0.4, -0.2) is 64.5 Å². The Labute approximate surface area is 199 Å². The van der Waals surface area contributed by atoms with Crippen LogP contribution in [0, 0.1) is 6.92 Å². The number of carbonyl (C=O) groups excluding carboxylic acids is 2. The van der Waals surface area contributed by atoms with Crippen LogP contribution in [0.5, 0.6) is 0 Å². The molecular weight excluding hydrogens is 430 g/mol. The van der Waals surface area contributed by atoms with E-state index in [1.165, 1.54) is 5.56 Å². The number of aryl methyl sites for hydroxylation is 1. The molecule has 8 heteroatoms. The summed E-state index contributed by atoms with van der Waals surface area (Å²) in [6.07, 6.45) is 0.631. The largest absolute Gasteiger partial charge is 0.355 e. The molecule has 1 aromatic heterocycles. The van der Waals surface area contributed by atoms with E-state index in [1.54, 1.807) is 0 Å². The lowest BCUT2D eigenvalue weighted by molar-refractivity contribution is -0.133. The van der Waals surface area contributed by atoms with Crippen LogP contribution in [0.1, 0.15) is 36.4 Å². The highest BCUT2D eigenvalue weighted by Gasteiger charge is 2.27. The lowest BCUT2D eigenvalue weighted by Crippen LogP contribution is -2.49. The van der Waals surface area contributed by atoms with Gasteiger partial charge in [-0.05, 0) is 19.4 Å². The molecular formula is C26H31N5O3. The predicted octanol–water partition coefficient (Wildman–Crippen LogP) is 3.00. The van der Waals surface area contributed by atoms with Crippen molar-refractivity contribution in [3.63, 3.8) is 0 Å². The molecule has 1 N–H and O–H groups in total. The zero-order chi connectivity index (χ0) is 23.9. The van der Waals surface area contributed by atoms with E-state index in [1.807, 2.05) is 73.3 Å². The summed E-state index contributed by atoms with van der Waals surface area (Å²) in [5.41, 5.74) is 3.07. The summed E-state index contributed by atoms with van der Waals surface area (Å²) >= 11 is 0. The fraction of sp³-hybridized carbons (Fsp3) is 0.385. The van der Waals surface area contributed by atoms with Gasteiger partial charge >= 0.3 is 0 Å². The molecule has 34 heavy (non-hydrogen) atoms. The number of hydrogen-bond acceptors (Lipinski definition) is 6. The molecule has 1 unspecified atom stereocenters. The molecule has 1 aliphatic heterocycles. The van der Waals surface area contributed by atoms with Crippen molar-refractivity contribution in [3.8, 4) is 11.4 Å². The predicted molar refractivity (Wildman–Crippen MR) is 129 cm³/mol. The van der Waals surface area contributed by atoms with Crippen molar-refractivity contribution in [3.05, 3.63) is 71.6 Å². The smallest absolute Gasteiger partial charge is 0.244 e. The minimum Gasteiger partial charge on any atom is -0.355 e. The first-order chi connectivity index (χ1) is 16.5. The van der Waals surface area contributed by atoms with E-state index in [9.17, 15) is 9.59 Å². The fourth-order valence-electron chi connectivity index (χ4n) is 4.05. The normalized spacial score (nSPS) is 15.2. The highest BCUT2D eigenvalue weighted by molar-refractivity contribution is 5.80. The number of piperazine rings is 1. The summed E-state index contributed by atoms with van der Waals surface area (Å²) in [5, 5.41) is 6.98. The number of amides is 2. The van der Waals surface area contributed by atoms with Gasteiger partial charge < -0.3 is 14.7 Å². The van der Waals surface area contributed by atoms with Crippen molar-refractivity contribution >= 4 is 11.8 Å². The number of hydrogen-bond donors (Lipinski definition) is 1. The van der Waals surface area contributed by atoms with Crippen LogP contribution in [0.2, 0.25) is 0 Å². The van der Waals surface area contributed by atoms with E-state index in [2.05, 4.69) is 20.4 Å². The van der Waals surface area contributed by atoms with Crippen LogP contribution in [0.3, 0.4) is 0 Å². The van der Waals surface area contributed by atoms with Crippen molar-refractivity contribution < 1.29 is 14.1 Å². The van der Waals surface area contributed by atoms with Gasteiger partial charge in [0.2, 0.25) is 23.5 Å².